The molecule has 208 valence electrons. The van der Waals surface area contributed by atoms with Crippen LogP contribution in [0.25, 0.3) is 0 Å². The molecular formula is C26H39NO10. The van der Waals surface area contributed by atoms with Gasteiger partial charge in [0.1, 0.15) is 18.8 Å². The average Bonchev–Trinajstić information content (AvgIpc) is 2.80. The molecule has 0 aliphatic rings. The first-order valence-electron chi connectivity index (χ1n) is 12.3. The molecule has 2 N–H and O–H groups in total. The molecule has 0 aliphatic carbocycles. The van der Waals surface area contributed by atoms with Crippen LogP contribution < -0.4 is 15.2 Å². The zero-order valence-corrected chi connectivity index (χ0v) is 22.5. The van der Waals surface area contributed by atoms with E-state index in [1.54, 1.807) is 13.0 Å². The van der Waals surface area contributed by atoms with Crippen LogP contribution in [0.4, 0.5) is 9.59 Å². The lowest BCUT2D eigenvalue weighted by Gasteiger charge is -2.19. The van der Waals surface area contributed by atoms with Crippen LogP contribution in [0.5, 0.6) is 11.5 Å². The minimum Gasteiger partial charge on any atom is -0.462 e. The Morgan fingerprint density at radius 3 is 2.00 bits per heavy atom. The van der Waals surface area contributed by atoms with E-state index < -0.39 is 30.4 Å². The number of hydrogen-bond acceptors (Lipinski definition) is 11. The predicted molar refractivity (Wildman–Crippen MR) is 133 cm³/mol. The second-order valence-corrected chi connectivity index (χ2v) is 9.66. The lowest BCUT2D eigenvalue weighted by Crippen LogP contribution is -2.37. The van der Waals surface area contributed by atoms with Gasteiger partial charge in [-0.1, -0.05) is 40.7 Å². The number of hydrogen-bond donors (Lipinski definition) is 1. The third-order valence-electron chi connectivity index (χ3n) is 4.47. The van der Waals surface area contributed by atoms with Crippen molar-refractivity contribution >= 4 is 24.2 Å². The van der Waals surface area contributed by atoms with Crippen molar-refractivity contribution < 1.29 is 47.6 Å². The number of ether oxygens (including phenoxy) is 6. The first-order valence-corrected chi connectivity index (χ1v) is 12.3. The lowest BCUT2D eigenvalue weighted by atomic mass is 9.92. The van der Waals surface area contributed by atoms with Gasteiger partial charge in [0.05, 0.1) is 19.6 Å². The molecule has 0 spiro atoms. The van der Waals surface area contributed by atoms with Crippen LogP contribution in [0.1, 0.15) is 66.4 Å². The highest BCUT2D eigenvalue weighted by Gasteiger charge is 2.23. The second kappa shape index (κ2) is 15.7. The van der Waals surface area contributed by atoms with Gasteiger partial charge in [-0.05, 0) is 49.3 Å². The molecule has 0 radical (unpaired) electrons. The Balaban J connectivity index is 2.81. The molecule has 0 saturated carbocycles. The number of carbonyl (C=O) groups excluding carboxylic acids is 4. The molecule has 37 heavy (non-hydrogen) atoms. The number of carbonyl (C=O) groups is 4. The molecule has 0 fully saturated rings. The maximum absolute atomic E-state index is 12.4. The fraction of sp³-hybridized carbons (Fsp3) is 0.615. The average molecular weight is 526 g/mol. The molecule has 0 bridgehead atoms. The molecule has 2 atom stereocenters. The summed E-state index contributed by atoms with van der Waals surface area (Å²) < 4.78 is 30.6. The Kier molecular flexibility index (Phi) is 13.4. The van der Waals surface area contributed by atoms with Gasteiger partial charge in [0.2, 0.25) is 0 Å². The van der Waals surface area contributed by atoms with Crippen LogP contribution >= 0.6 is 0 Å². The molecule has 0 aliphatic heterocycles. The number of rotatable bonds is 13. The van der Waals surface area contributed by atoms with Gasteiger partial charge < -0.3 is 34.2 Å². The maximum atomic E-state index is 12.4. The first-order chi connectivity index (χ1) is 17.3. The molecule has 0 aromatic heterocycles. The van der Waals surface area contributed by atoms with Crippen molar-refractivity contribution in [2.75, 3.05) is 19.8 Å². The van der Waals surface area contributed by atoms with E-state index in [1.165, 1.54) is 12.1 Å². The van der Waals surface area contributed by atoms with E-state index in [-0.39, 0.29) is 55.5 Å². The van der Waals surface area contributed by atoms with E-state index in [4.69, 9.17) is 34.2 Å². The quantitative estimate of drug-likeness (QED) is 0.223. The van der Waals surface area contributed by atoms with Gasteiger partial charge in [-0.15, -0.1) is 0 Å². The molecule has 11 nitrogen and oxygen atoms in total. The summed E-state index contributed by atoms with van der Waals surface area (Å²) in [5.74, 6) is -1.26. The number of nitrogens with two attached hydrogens (primary N) is 1. The summed E-state index contributed by atoms with van der Waals surface area (Å²) >= 11 is 0. The van der Waals surface area contributed by atoms with Crippen LogP contribution in [0.2, 0.25) is 0 Å². The van der Waals surface area contributed by atoms with Gasteiger partial charge in [-0.2, -0.15) is 0 Å². The topological polar surface area (TPSA) is 150 Å². The first kappa shape index (κ1) is 31.7. The van der Waals surface area contributed by atoms with E-state index in [9.17, 15) is 19.2 Å². The van der Waals surface area contributed by atoms with Crippen LogP contribution in [0.3, 0.4) is 0 Å². The fourth-order valence-corrected chi connectivity index (χ4v) is 2.80. The van der Waals surface area contributed by atoms with Crippen LogP contribution in [0, 0.1) is 5.41 Å². The Labute approximate surface area is 217 Å². The van der Waals surface area contributed by atoms with Crippen molar-refractivity contribution in [2.45, 2.75) is 79.4 Å². The van der Waals surface area contributed by atoms with E-state index >= 15 is 0 Å². The third kappa shape index (κ3) is 13.5. The van der Waals surface area contributed by atoms with Crippen molar-refractivity contribution in [3.05, 3.63) is 23.8 Å². The fourth-order valence-electron chi connectivity index (χ4n) is 2.80. The van der Waals surface area contributed by atoms with E-state index in [0.29, 0.717) is 18.4 Å². The minimum absolute atomic E-state index is 0.0241. The Hall–Kier alpha value is -3.34. The molecule has 0 unspecified atom stereocenters. The summed E-state index contributed by atoms with van der Waals surface area (Å²) in [6.45, 7) is 11.2. The van der Waals surface area contributed by atoms with Crippen molar-refractivity contribution in [3.8, 4) is 11.5 Å². The number of esters is 2. The van der Waals surface area contributed by atoms with Crippen LogP contribution in [-0.2, 0) is 35.0 Å². The summed E-state index contributed by atoms with van der Waals surface area (Å²) in [7, 11) is 0. The SMILES string of the molecule is CCCOC(=O)Oc1ccc(C[C@H](N)C(=O)O[C@@H](C)COC(=O)CC(C)(C)C)cc1OC(=O)OCCC. The highest BCUT2D eigenvalue weighted by atomic mass is 16.7. The smallest absolute Gasteiger partial charge is 0.462 e. The lowest BCUT2D eigenvalue weighted by molar-refractivity contribution is -0.159. The summed E-state index contributed by atoms with van der Waals surface area (Å²) in [5.41, 5.74) is 6.29. The molecule has 1 aromatic rings. The molecule has 0 heterocycles. The van der Waals surface area contributed by atoms with Crippen LogP contribution in [0.15, 0.2) is 18.2 Å². The van der Waals surface area contributed by atoms with Crippen molar-refractivity contribution in [1.29, 1.82) is 0 Å². The van der Waals surface area contributed by atoms with E-state index in [0.717, 1.165) is 0 Å². The molecule has 11 heteroatoms. The Bertz CT molecular complexity index is 909. The van der Waals surface area contributed by atoms with Gasteiger partial charge >= 0.3 is 24.2 Å². The summed E-state index contributed by atoms with van der Waals surface area (Å²) in [5, 5.41) is 0. The minimum atomic E-state index is -1.06. The Morgan fingerprint density at radius 1 is 0.892 bits per heavy atom. The van der Waals surface area contributed by atoms with Crippen LogP contribution in [-0.4, -0.2) is 56.2 Å². The molecule has 0 amide bonds. The second-order valence-electron chi connectivity index (χ2n) is 9.66. The maximum Gasteiger partial charge on any atom is 0.513 e. The van der Waals surface area contributed by atoms with Crippen molar-refractivity contribution in [3.63, 3.8) is 0 Å². The Morgan fingerprint density at radius 2 is 1.46 bits per heavy atom. The van der Waals surface area contributed by atoms with Crippen molar-refractivity contribution in [2.24, 2.45) is 11.1 Å². The predicted octanol–water partition coefficient (Wildman–Crippen LogP) is 4.32. The van der Waals surface area contributed by atoms with Gasteiger partial charge in [0, 0.05) is 0 Å². The van der Waals surface area contributed by atoms with Gasteiger partial charge in [-0.25, -0.2) is 9.59 Å². The standard InChI is InChI=1S/C26H39NO10/c1-7-11-32-24(30)36-20-10-9-18(14-21(20)37-25(31)33-12-8-2)13-19(27)23(29)35-17(3)16-34-22(28)15-26(4,5)6/h9-10,14,17,19H,7-8,11-13,15-16,27H2,1-6H3/t17-,19-/m0/s1. The van der Waals surface area contributed by atoms with E-state index in [1.807, 2.05) is 34.6 Å². The zero-order chi connectivity index (χ0) is 28.0. The van der Waals surface area contributed by atoms with Gasteiger partial charge in [0.25, 0.3) is 0 Å². The zero-order valence-electron chi connectivity index (χ0n) is 22.5. The van der Waals surface area contributed by atoms with Crippen molar-refractivity contribution in [1.82, 2.24) is 0 Å². The number of benzene rings is 1. The summed E-state index contributed by atoms with van der Waals surface area (Å²) in [6, 6.07) is 3.28. The molecule has 1 rings (SSSR count). The van der Waals surface area contributed by atoms with E-state index in [2.05, 4.69) is 0 Å². The monoisotopic (exact) mass is 525 g/mol. The highest BCUT2D eigenvalue weighted by Crippen LogP contribution is 2.30. The molecular weight excluding hydrogens is 486 g/mol. The molecule has 0 saturated heterocycles. The third-order valence-corrected chi connectivity index (χ3v) is 4.47. The summed E-state index contributed by atoms with van der Waals surface area (Å²) in [6.07, 6.45) is -1.18. The molecule has 1 aromatic carbocycles. The van der Waals surface area contributed by atoms with Gasteiger partial charge in [0.15, 0.2) is 11.5 Å². The normalized spacial score (nSPS) is 12.6. The van der Waals surface area contributed by atoms with Gasteiger partial charge in [-0.3, -0.25) is 9.59 Å². The largest absolute Gasteiger partial charge is 0.513 e. The highest BCUT2D eigenvalue weighted by molar-refractivity contribution is 5.76. The summed E-state index contributed by atoms with van der Waals surface area (Å²) in [4.78, 5) is 48.2.